The number of nitrogens with zero attached hydrogens (tertiary/aromatic N) is 3. The zero-order valence-corrected chi connectivity index (χ0v) is 11.3. The van der Waals surface area contributed by atoms with E-state index in [1.54, 1.807) is 13.8 Å². The predicted molar refractivity (Wildman–Crippen MR) is 67.4 cm³/mol. The van der Waals surface area contributed by atoms with Crippen LogP contribution < -0.4 is 10.6 Å². The van der Waals surface area contributed by atoms with E-state index in [2.05, 4.69) is 25.8 Å². The summed E-state index contributed by atoms with van der Waals surface area (Å²) in [4.78, 5) is 40.0. The monoisotopic (exact) mass is 280 g/mol. The van der Waals surface area contributed by atoms with Crippen LogP contribution in [0, 0.1) is 0 Å². The molecule has 20 heavy (non-hydrogen) atoms. The van der Waals surface area contributed by atoms with Crippen molar-refractivity contribution in [1.82, 2.24) is 30.7 Å². The fourth-order valence-electron chi connectivity index (χ4n) is 1.83. The lowest BCUT2D eigenvalue weighted by Gasteiger charge is -2.15. The van der Waals surface area contributed by atoms with Gasteiger partial charge in [0.1, 0.15) is 24.2 Å². The third-order valence-corrected chi connectivity index (χ3v) is 2.90. The molecule has 3 N–H and O–H groups in total. The number of urea groups is 1. The molecule has 2 heterocycles. The Bertz CT molecular complexity index is 524. The van der Waals surface area contributed by atoms with E-state index in [1.807, 2.05) is 0 Å². The van der Waals surface area contributed by atoms with Crippen molar-refractivity contribution >= 4 is 17.8 Å². The van der Waals surface area contributed by atoms with Gasteiger partial charge in [-0.1, -0.05) is 0 Å². The van der Waals surface area contributed by atoms with E-state index in [0.717, 1.165) is 4.90 Å². The lowest BCUT2D eigenvalue weighted by Crippen LogP contribution is -2.43. The molecule has 4 amide bonds. The molecule has 0 atom stereocenters. The first-order valence-electron chi connectivity index (χ1n) is 6.15. The van der Waals surface area contributed by atoms with Gasteiger partial charge in [-0.2, -0.15) is 5.10 Å². The van der Waals surface area contributed by atoms with Crippen LogP contribution in [0.25, 0.3) is 0 Å². The number of imide groups is 1. The molecule has 9 heteroatoms. The molecule has 1 saturated heterocycles. The first kappa shape index (κ1) is 14.0. The Balaban J connectivity index is 1.80. The van der Waals surface area contributed by atoms with Crippen LogP contribution in [0.5, 0.6) is 0 Å². The van der Waals surface area contributed by atoms with Gasteiger partial charge < -0.3 is 10.6 Å². The van der Waals surface area contributed by atoms with Crippen molar-refractivity contribution in [3.05, 3.63) is 12.2 Å². The van der Waals surface area contributed by atoms with E-state index in [9.17, 15) is 14.4 Å². The minimum absolute atomic E-state index is 0.287. The number of amides is 4. The second kappa shape index (κ2) is 5.27. The average molecular weight is 280 g/mol. The number of hydrogen-bond acceptors (Lipinski definition) is 5. The average Bonchev–Trinajstić information content (AvgIpc) is 2.93. The molecule has 0 radical (unpaired) electrons. The Morgan fingerprint density at radius 1 is 1.45 bits per heavy atom. The van der Waals surface area contributed by atoms with Gasteiger partial charge >= 0.3 is 6.03 Å². The van der Waals surface area contributed by atoms with Gasteiger partial charge in [0.2, 0.25) is 5.91 Å². The van der Waals surface area contributed by atoms with Crippen molar-refractivity contribution in [3.63, 3.8) is 0 Å². The standard InChI is InChI=1S/C11H16N6O3/c1-11(2)9(19)17(10(20)15-11)5-8(18)12-4-3-7-13-6-14-16-7/h6H,3-5H2,1-2H3,(H,12,18)(H,15,20)(H,13,14,16). The third-order valence-electron chi connectivity index (χ3n) is 2.90. The largest absolute Gasteiger partial charge is 0.354 e. The van der Waals surface area contributed by atoms with Crippen LogP contribution in [0.2, 0.25) is 0 Å². The normalized spacial score (nSPS) is 17.2. The number of aromatic nitrogens is 3. The molecule has 0 unspecified atom stereocenters. The zero-order chi connectivity index (χ0) is 14.8. The summed E-state index contributed by atoms with van der Waals surface area (Å²) in [5, 5.41) is 11.5. The van der Waals surface area contributed by atoms with Crippen molar-refractivity contribution < 1.29 is 14.4 Å². The Labute approximate surface area is 115 Å². The lowest BCUT2D eigenvalue weighted by molar-refractivity contribution is -0.134. The van der Waals surface area contributed by atoms with Crippen LogP contribution in [0.1, 0.15) is 19.7 Å². The van der Waals surface area contributed by atoms with Crippen LogP contribution in [-0.4, -0.2) is 56.6 Å². The molecule has 0 spiro atoms. The number of aromatic amines is 1. The number of hydrogen-bond donors (Lipinski definition) is 3. The highest BCUT2D eigenvalue weighted by molar-refractivity contribution is 6.08. The molecule has 2 rings (SSSR count). The highest BCUT2D eigenvalue weighted by Gasteiger charge is 2.44. The van der Waals surface area contributed by atoms with Gasteiger partial charge in [0.25, 0.3) is 5.91 Å². The quantitative estimate of drug-likeness (QED) is 0.585. The van der Waals surface area contributed by atoms with Gasteiger partial charge in [-0.3, -0.25) is 19.6 Å². The molecule has 1 aromatic heterocycles. The third kappa shape index (κ3) is 2.92. The molecule has 108 valence electrons. The molecule has 1 aromatic rings. The lowest BCUT2D eigenvalue weighted by atomic mass is 10.1. The molecule has 1 aliphatic rings. The Hall–Kier alpha value is -2.45. The molecule has 1 aliphatic heterocycles. The summed E-state index contributed by atoms with van der Waals surface area (Å²) < 4.78 is 0. The van der Waals surface area contributed by atoms with E-state index in [1.165, 1.54) is 6.33 Å². The first-order valence-corrected chi connectivity index (χ1v) is 6.15. The molecule has 0 bridgehead atoms. The predicted octanol–water partition coefficient (Wildman–Crippen LogP) is -1.21. The van der Waals surface area contributed by atoms with Gasteiger partial charge in [-0.15, -0.1) is 0 Å². The van der Waals surface area contributed by atoms with Crippen LogP contribution in [0.15, 0.2) is 6.33 Å². The highest BCUT2D eigenvalue weighted by Crippen LogP contribution is 2.15. The zero-order valence-electron chi connectivity index (χ0n) is 11.3. The summed E-state index contributed by atoms with van der Waals surface area (Å²) in [5.74, 6) is -0.153. The fraction of sp³-hybridized carbons (Fsp3) is 0.545. The summed E-state index contributed by atoms with van der Waals surface area (Å²) in [6, 6.07) is -0.551. The Kier molecular flexibility index (Phi) is 3.68. The molecule has 0 saturated carbocycles. The second-order valence-corrected chi connectivity index (χ2v) is 4.98. The number of nitrogens with one attached hydrogen (secondary N) is 3. The number of carbonyl (C=O) groups is 3. The minimum atomic E-state index is -0.961. The maximum atomic E-state index is 11.9. The van der Waals surface area contributed by atoms with Crippen molar-refractivity contribution in [2.45, 2.75) is 25.8 Å². The van der Waals surface area contributed by atoms with E-state index < -0.39 is 23.4 Å². The maximum Gasteiger partial charge on any atom is 0.325 e. The topological polar surface area (TPSA) is 120 Å². The molecule has 0 aromatic carbocycles. The summed E-state index contributed by atoms with van der Waals surface area (Å²) in [6.45, 7) is 3.25. The van der Waals surface area contributed by atoms with Gasteiger partial charge in [0.05, 0.1) is 0 Å². The van der Waals surface area contributed by atoms with Gasteiger partial charge in [0, 0.05) is 13.0 Å². The maximum absolute atomic E-state index is 11.9. The van der Waals surface area contributed by atoms with Crippen molar-refractivity contribution in [2.75, 3.05) is 13.1 Å². The van der Waals surface area contributed by atoms with Crippen LogP contribution in [-0.2, 0) is 16.0 Å². The minimum Gasteiger partial charge on any atom is -0.354 e. The molecule has 0 aliphatic carbocycles. The van der Waals surface area contributed by atoms with Gasteiger partial charge in [-0.05, 0) is 13.8 Å². The van der Waals surface area contributed by atoms with Crippen LogP contribution >= 0.6 is 0 Å². The number of H-pyrrole nitrogens is 1. The van der Waals surface area contributed by atoms with E-state index in [-0.39, 0.29) is 6.54 Å². The highest BCUT2D eigenvalue weighted by atomic mass is 16.2. The van der Waals surface area contributed by atoms with Crippen molar-refractivity contribution in [3.8, 4) is 0 Å². The molecular weight excluding hydrogens is 264 g/mol. The summed E-state index contributed by atoms with van der Waals surface area (Å²) >= 11 is 0. The summed E-state index contributed by atoms with van der Waals surface area (Å²) in [6.07, 6.45) is 1.88. The van der Waals surface area contributed by atoms with E-state index in [4.69, 9.17) is 0 Å². The van der Waals surface area contributed by atoms with Crippen LogP contribution in [0.4, 0.5) is 4.79 Å². The molecule has 1 fully saturated rings. The molecular formula is C11H16N6O3. The number of carbonyl (C=O) groups excluding carboxylic acids is 3. The first-order chi connectivity index (χ1) is 9.40. The van der Waals surface area contributed by atoms with Gasteiger partial charge in [-0.25, -0.2) is 9.78 Å². The summed E-state index contributed by atoms with van der Waals surface area (Å²) in [5.41, 5.74) is -0.961. The van der Waals surface area contributed by atoms with Gasteiger partial charge in [0.15, 0.2) is 0 Å². The van der Waals surface area contributed by atoms with Crippen molar-refractivity contribution in [1.29, 1.82) is 0 Å². The fourth-order valence-corrected chi connectivity index (χ4v) is 1.83. The Morgan fingerprint density at radius 3 is 2.75 bits per heavy atom. The smallest absolute Gasteiger partial charge is 0.325 e. The number of rotatable bonds is 5. The van der Waals surface area contributed by atoms with Crippen molar-refractivity contribution in [2.24, 2.45) is 0 Å². The Morgan fingerprint density at radius 2 is 2.20 bits per heavy atom. The van der Waals surface area contributed by atoms with E-state index >= 15 is 0 Å². The van der Waals surface area contributed by atoms with E-state index in [0.29, 0.717) is 18.8 Å². The van der Waals surface area contributed by atoms with Crippen LogP contribution in [0.3, 0.4) is 0 Å². The molecule has 9 nitrogen and oxygen atoms in total. The summed E-state index contributed by atoms with van der Waals surface area (Å²) in [7, 11) is 0. The SMILES string of the molecule is CC1(C)NC(=O)N(CC(=O)NCCc2ncn[nH]2)C1=O. The second-order valence-electron chi connectivity index (χ2n) is 4.98.